The second kappa shape index (κ2) is 4.60. The Morgan fingerprint density at radius 3 is 2.54 bits per heavy atom. The summed E-state index contributed by atoms with van der Waals surface area (Å²) in [6.07, 6.45) is 1.45. The molecule has 1 aromatic heterocycles. The lowest BCUT2D eigenvalue weighted by Gasteiger charge is -2.33. The summed E-state index contributed by atoms with van der Waals surface area (Å²) in [7, 11) is 0. The van der Waals surface area contributed by atoms with Crippen LogP contribution in [-0.4, -0.2) is 16.1 Å². The van der Waals surface area contributed by atoms with Crippen molar-refractivity contribution in [3.63, 3.8) is 0 Å². The summed E-state index contributed by atoms with van der Waals surface area (Å²) < 4.78 is 11.3. The lowest BCUT2D eigenvalue weighted by atomic mass is 9.66. The van der Waals surface area contributed by atoms with Gasteiger partial charge in [-0.05, 0) is 38.3 Å². The predicted octanol–water partition coefficient (Wildman–Crippen LogP) is 4.28. The maximum atomic E-state index is 12.4. The Kier molecular flexibility index (Phi) is 3.00. The Balaban J connectivity index is 1.78. The van der Waals surface area contributed by atoms with E-state index in [1.807, 2.05) is 45.9 Å². The molecule has 2 bridgehead atoms. The van der Waals surface area contributed by atoms with E-state index in [-0.39, 0.29) is 5.97 Å². The Morgan fingerprint density at radius 2 is 1.96 bits per heavy atom. The standard InChI is InChI=1S/C18H19ClN2O3/c1-10-5-6-11(9-12(10)19)13-20-14(24-21-13)18-8-7-17(4,15(22)23-18)16(18,2)3/h5-6,9H,7-8H2,1-4H3/t17-,18+/m0/s1. The highest BCUT2D eigenvalue weighted by Gasteiger charge is 2.75. The molecular weight excluding hydrogens is 328 g/mol. The highest BCUT2D eigenvalue weighted by Crippen LogP contribution is 2.69. The number of hydrogen-bond donors (Lipinski definition) is 0. The summed E-state index contributed by atoms with van der Waals surface area (Å²) in [5.41, 5.74) is -0.0147. The minimum absolute atomic E-state index is 0.183. The van der Waals surface area contributed by atoms with E-state index in [0.717, 1.165) is 17.5 Å². The molecular formula is C18H19ClN2O3. The van der Waals surface area contributed by atoms with Crippen molar-refractivity contribution in [2.75, 3.05) is 0 Å². The van der Waals surface area contributed by atoms with E-state index in [1.165, 1.54) is 0 Å². The molecule has 0 N–H and O–H groups in total. The van der Waals surface area contributed by atoms with Crippen LogP contribution in [0, 0.1) is 17.8 Å². The third-order valence-corrected chi connectivity index (χ3v) is 6.69. The molecule has 0 amide bonds. The Bertz CT molecular complexity index is 860. The molecule has 5 nitrogen and oxygen atoms in total. The number of carbonyl (C=O) groups is 1. The number of carbonyl (C=O) groups excluding carboxylic acids is 1. The van der Waals surface area contributed by atoms with Gasteiger partial charge in [-0.25, -0.2) is 0 Å². The van der Waals surface area contributed by atoms with Gasteiger partial charge in [0.15, 0.2) is 5.60 Å². The summed E-state index contributed by atoms with van der Waals surface area (Å²) in [4.78, 5) is 16.9. The Hall–Kier alpha value is -1.88. The maximum absolute atomic E-state index is 12.4. The van der Waals surface area contributed by atoms with Crippen molar-refractivity contribution < 1.29 is 14.1 Å². The summed E-state index contributed by atoms with van der Waals surface area (Å²) in [5, 5.41) is 4.74. The first-order valence-electron chi connectivity index (χ1n) is 8.05. The fourth-order valence-corrected chi connectivity index (χ4v) is 4.14. The first-order valence-corrected chi connectivity index (χ1v) is 8.43. The summed E-state index contributed by atoms with van der Waals surface area (Å²) in [5.74, 6) is 0.638. The molecule has 6 heteroatoms. The first-order chi connectivity index (χ1) is 11.2. The van der Waals surface area contributed by atoms with Gasteiger partial charge in [-0.15, -0.1) is 0 Å². The van der Waals surface area contributed by atoms with Gasteiger partial charge in [0.25, 0.3) is 5.89 Å². The number of esters is 1. The lowest BCUT2D eigenvalue weighted by molar-refractivity contribution is -0.163. The van der Waals surface area contributed by atoms with E-state index in [9.17, 15) is 4.79 Å². The van der Waals surface area contributed by atoms with Crippen molar-refractivity contribution in [2.45, 2.75) is 46.1 Å². The third kappa shape index (κ3) is 1.68. The normalized spacial score (nSPS) is 30.6. The van der Waals surface area contributed by atoms with Gasteiger partial charge in [0.05, 0.1) is 5.41 Å². The van der Waals surface area contributed by atoms with Gasteiger partial charge in [0.1, 0.15) is 0 Å². The van der Waals surface area contributed by atoms with E-state index in [4.69, 9.17) is 20.9 Å². The highest BCUT2D eigenvalue weighted by atomic mass is 35.5. The molecule has 2 atom stereocenters. The van der Waals surface area contributed by atoms with Gasteiger partial charge in [-0.3, -0.25) is 4.79 Å². The van der Waals surface area contributed by atoms with E-state index in [1.54, 1.807) is 0 Å². The molecule has 2 aliphatic rings. The van der Waals surface area contributed by atoms with E-state index in [0.29, 0.717) is 23.2 Å². The molecule has 2 fully saturated rings. The number of halogens is 1. The largest absolute Gasteiger partial charge is 0.448 e. The molecule has 1 aliphatic carbocycles. The van der Waals surface area contributed by atoms with Crippen molar-refractivity contribution in [3.05, 3.63) is 34.7 Å². The second-order valence-electron chi connectivity index (χ2n) is 7.56. The molecule has 1 saturated heterocycles. The molecule has 0 radical (unpaired) electrons. The van der Waals surface area contributed by atoms with Gasteiger partial charge < -0.3 is 9.26 Å². The molecule has 4 rings (SSSR count). The lowest BCUT2D eigenvalue weighted by Crippen LogP contribution is -2.38. The van der Waals surface area contributed by atoms with Crippen LogP contribution in [0.25, 0.3) is 11.4 Å². The van der Waals surface area contributed by atoms with Gasteiger partial charge in [0, 0.05) is 16.0 Å². The maximum Gasteiger partial charge on any atom is 0.313 e. The van der Waals surface area contributed by atoms with Crippen LogP contribution in [0.15, 0.2) is 22.7 Å². The molecule has 2 heterocycles. The molecule has 1 aliphatic heterocycles. The molecule has 2 aromatic rings. The number of rotatable bonds is 2. The van der Waals surface area contributed by atoms with E-state index < -0.39 is 16.4 Å². The smallest absolute Gasteiger partial charge is 0.313 e. The zero-order chi connectivity index (χ0) is 17.3. The van der Waals surface area contributed by atoms with Crippen LogP contribution >= 0.6 is 11.6 Å². The van der Waals surface area contributed by atoms with Crippen LogP contribution in [0.4, 0.5) is 0 Å². The average Bonchev–Trinajstić information content (AvgIpc) is 3.13. The topological polar surface area (TPSA) is 65.2 Å². The fourth-order valence-electron chi connectivity index (χ4n) is 3.96. The van der Waals surface area contributed by atoms with Crippen LogP contribution in [0.1, 0.15) is 45.1 Å². The highest BCUT2D eigenvalue weighted by molar-refractivity contribution is 6.31. The second-order valence-corrected chi connectivity index (χ2v) is 7.97. The molecule has 0 spiro atoms. The van der Waals surface area contributed by atoms with Gasteiger partial charge >= 0.3 is 5.97 Å². The van der Waals surface area contributed by atoms with Gasteiger partial charge in [-0.2, -0.15) is 4.98 Å². The molecule has 0 unspecified atom stereocenters. The molecule has 1 saturated carbocycles. The van der Waals surface area contributed by atoms with Crippen LogP contribution in [-0.2, 0) is 15.1 Å². The summed E-state index contributed by atoms with van der Waals surface area (Å²) >= 11 is 6.19. The SMILES string of the molecule is Cc1ccc(-c2noc([C@@]34CC[C@@](C)(C(=O)O3)C4(C)C)n2)cc1Cl. The van der Waals surface area contributed by atoms with Crippen LogP contribution in [0.5, 0.6) is 0 Å². The minimum atomic E-state index is -0.849. The van der Waals surface area contributed by atoms with E-state index in [2.05, 4.69) is 10.1 Å². The fraction of sp³-hybridized carbons (Fsp3) is 0.500. The number of ether oxygens (including phenoxy) is 1. The quantitative estimate of drug-likeness (QED) is 0.759. The zero-order valence-electron chi connectivity index (χ0n) is 14.1. The number of nitrogens with zero attached hydrogens (tertiary/aromatic N) is 2. The minimum Gasteiger partial charge on any atom is -0.448 e. The molecule has 24 heavy (non-hydrogen) atoms. The van der Waals surface area contributed by atoms with Crippen LogP contribution in [0.2, 0.25) is 5.02 Å². The van der Waals surface area contributed by atoms with Crippen molar-refractivity contribution in [1.82, 2.24) is 10.1 Å². The summed E-state index contributed by atoms with van der Waals surface area (Å²) in [6, 6.07) is 5.63. The Morgan fingerprint density at radius 1 is 1.21 bits per heavy atom. The molecule has 1 aromatic carbocycles. The van der Waals surface area contributed by atoms with Crippen molar-refractivity contribution in [2.24, 2.45) is 10.8 Å². The number of aromatic nitrogens is 2. The predicted molar refractivity (Wildman–Crippen MR) is 88.4 cm³/mol. The zero-order valence-corrected chi connectivity index (χ0v) is 14.9. The van der Waals surface area contributed by atoms with Crippen LogP contribution < -0.4 is 0 Å². The Labute approximate surface area is 145 Å². The average molecular weight is 347 g/mol. The van der Waals surface area contributed by atoms with Crippen molar-refractivity contribution in [1.29, 1.82) is 0 Å². The monoisotopic (exact) mass is 346 g/mol. The van der Waals surface area contributed by atoms with E-state index >= 15 is 0 Å². The van der Waals surface area contributed by atoms with Gasteiger partial charge in [-0.1, -0.05) is 42.7 Å². The first kappa shape index (κ1) is 15.6. The molecule has 126 valence electrons. The summed E-state index contributed by atoms with van der Waals surface area (Å²) in [6.45, 7) is 7.97. The number of benzene rings is 1. The third-order valence-electron chi connectivity index (χ3n) is 6.29. The van der Waals surface area contributed by atoms with Gasteiger partial charge in [0.2, 0.25) is 5.82 Å². The number of fused-ring (bicyclic) bond motifs is 2. The van der Waals surface area contributed by atoms with Crippen molar-refractivity contribution in [3.8, 4) is 11.4 Å². The number of hydrogen-bond acceptors (Lipinski definition) is 5. The van der Waals surface area contributed by atoms with Crippen molar-refractivity contribution >= 4 is 17.6 Å². The number of aryl methyl sites for hydroxylation is 1. The van der Waals surface area contributed by atoms with Crippen LogP contribution in [0.3, 0.4) is 0 Å².